The van der Waals surface area contributed by atoms with Crippen LogP contribution in [-0.2, 0) is 13.1 Å². The van der Waals surface area contributed by atoms with E-state index in [-0.39, 0.29) is 24.8 Å². The third-order valence-electron chi connectivity index (χ3n) is 3.35. The van der Waals surface area contributed by atoms with Crippen LogP contribution in [0.25, 0.3) is 21.8 Å². The number of nitrogens with zero attached hydrogens (tertiary/aromatic N) is 2. The SMILES string of the molecule is CNCc1ccc2ccc3ccc(CNC)nc3c2n1.Cl.Cl. The number of fused-ring (bicyclic) bond motifs is 3. The van der Waals surface area contributed by atoms with Crippen molar-refractivity contribution in [2.24, 2.45) is 0 Å². The molecule has 2 N–H and O–H groups in total. The minimum atomic E-state index is 0. The molecule has 0 saturated heterocycles. The zero-order chi connectivity index (χ0) is 13.9. The first-order valence-corrected chi connectivity index (χ1v) is 6.79. The van der Waals surface area contributed by atoms with Crippen molar-refractivity contribution >= 4 is 46.6 Å². The van der Waals surface area contributed by atoms with Crippen molar-refractivity contribution in [2.75, 3.05) is 14.1 Å². The molecule has 0 atom stereocenters. The maximum absolute atomic E-state index is 4.75. The Bertz CT molecular complexity index is 697. The molecule has 0 saturated carbocycles. The molecule has 1 aromatic carbocycles. The zero-order valence-electron chi connectivity index (χ0n) is 12.6. The monoisotopic (exact) mass is 338 g/mol. The van der Waals surface area contributed by atoms with Crippen molar-refractivity contribution < 1.29 is 0 Å². The fraction of sp³-hybridized carbons (Fsp3) is 0.250. The molecule has 0 spiro atoms. The molecule has 0 unspecified atom stereocenters. The Morgan fingerprint density at radius 3 is 1.41 bits per heavy atom. The Balaban J connectivity index is 0.00000121. The van der Waals surface area contributed by atoms with E-state index in [9.17, 15) is 0 Å². The van der Waals surface area contributed by atoms with Gasteiger partial charge in [-0.3, -0.25) is 0 Å². The summed E-state index contributed by atoms with van der Waals surface area (Å²) in [6.07, 6.45) is 0. The van der Waals surface area contributed by atoms with Gasteiger partial charge in [0.15, 0.2) is 0 Å². The molecule has 0 aliphatic heterocycles. The summed E-state index contributed by atoms with van der Waals surface area (Å²) in [5.74, 6) is 0. The van der Waals surface area contributed by atoms with Gasteiger partial charge in [-0.2, -0.15) is 0 Å². The highest BCUT2D eigenvalue weighted by molar-refractivity contribution is 6.02. The average Bonchev–Trinajstić information content (AvgIpc) is 2.48. The first-order valence-electron chi connectivity index (χ1n) is 6.79. The molecule has 2 aromatic heterocycles. The molecule has 0 fully saturated rings. The van der Waals surface area contributed by atoms with Gasteiger partial charge in [-0.1, -0.05) is 24.3 Å². The zero-order valence-corrected chi connectivity index (χ0v) is 14.2. The van der Waals surface area contributed by atoms with Crippen LogP contribution in [0.4, 0.5) is 0 Å². The van der Waals surface area contributed by atoms with Crippen LogP contribution in [0.2, 0.25) is 0 Å². The van der Waals surface area contributed by atoms with Crippen molar-refractivity contribution in [2.45, 2.75) is 13.1 Å². The van der Waals surface area contributed by atoms with E-state index in [1.54, 1.807) is 0 Å². The lowest BCUT2D eigenvalue weighted by Gasteiger charge is -2.07. The van der Waals surface area contributed by atoms with E-state index in [4.69, 9.17) is 9.97 Å². The Hall–Kier alpha value is -1.46. The van der Waals surface area contributed by atoms with Gasteiger partial charge in [-0.15, -0.1) is 24.8 Å². The van der Waals surface area contributed by atoms with E-state index in [0.717, 1.165) is 46.3 Å². The van der Waals surface area contributed by atoms with Crippen LogP contribution in [0.5, 0.6) is 0 Å². The molecule has 3 aromatic rings. The molecule has 4 nitrogen and oxygen atoms in total. The highest BCUT2D eigenvalue weighted by Crippen LogP contribution is 2.23. The second kappa shape index (κ2) is 8.25. The van der Waals surface area contributed by atoms with Crippen molar-refractivity contribution in [3.05, 3.63) is 47.8 Å². The van der Waals surface area contributed by atoms with Gasteiger partial charge in [0.05, 0.1) is 22.4 Å². The number of halogens is 2. The van der Waals surface area contributed by atoms with Gasteiger partial charge in [-0.05, 0) is 26.2 Å². The molecule has 2 heterocycles. The van der Waals surface area contributed by atoms with Gasteiger partial charge in [0.25, 0.3) is 0 Å². The molecule has 22 heavy (non-hydrogen) atoms. The lowest BCUT2D eigenvalue weighted by molar-refractivity contribution is 0.793. The highest BCUT2D eigenvalue weighted by atomic mass is 35.5. The predicted octanol–water partition coefficient (Wildman–Crippen LogP) is 3.07. The van der Waals surface area contributed by atoms with Crippen molar-refractivity contribution in [1.82, 2.24) is 20.6 Å². The Morgan fingerprint density at radius 1 is 0.682 bits per heavy atom. The maximum Gasteiger partial charge on any atom is 0.0968 e. The largest absolute Gasteiger partial charge is 0.314 e. The summed E-state index contributed by atoms with van der Waals surface area (Å²) in [6.45, 7) is 1.53. The number of rotatable bonds is 4. The number of benzene rings is 1. The number of aromatic nitrogens is 2. The van der Waals surface area contributed by atoms with E-state index < -0.39 is 0 Å². The minimum absolute atomic E-state index is 0. The summed E-state index contributed by atoms with van der Waals surface area (Å²) in [6, 6.07) is 12.5. The van der Waals surface area contributed by atoms with E-state index in [2.05, 4.69) is 47.0 Å². The topological polar surface area (TPSA) is 49.8 Å². The van der Waals surface area contributed by atoms with E-state index in [0.29, 0.717) is 0 Å². The number of hydrogen-bond acceptors (Lipinski definition) is 4. The van der Waals surface area contributed by atoms with Gasteiger partial charge in [-0.25, -0.2) is 9.97 Å². The minimum Gasteiger partial charge on any atom is -0.314 e. The molecular formula is C16H20Cl2N4. The Labute approximate surface area is 142 Å². The smallest absolute Gasteiger partial charge is 0.0968 e. The Kier molecular flexibility index (Phi) is 6.97. The van der Waals surface area contributed by atoms with Gasteiger partial charge in [0, 0.05) is 23.9 Å². The summed E-state index contributed by atoms with van der Waals surface area (Å²) in [5, 5.41) is 8.53. The standard InChI is InChI=1S/C16H18N4.2ClH/c1-17-9-13-7-5-11-3-4-12-6-8-14(10-18-2)20-16(12)15(11)19-13;;/h3-8,17-18H,9-10H2,1-2H3;2*1H. The van der Waals surface area contributed by atoms with Gasteiger partial charge >= 0.3 is 0 Å². The Morgan fingerprint density at radius 2 is 1.05 bits per heavy atom. The molecule has 0 aliphatic carbocycles. The van der Waals surface area contributed by atoms with Gasteiger partial charge in [0.2, 0.25) is 0 Å². The molecule has 0 aliphatic rings. The van der Waals surface area contributed by atoms with Crippen LogP contribution in [0.1, 0.15) is 11.4 Å². The van der Waals surface area contributed by atoms with E-state index in [1.807, 2.05) is 14.1 Å². The summed E-state index contributed by atoms with van der Waals surface area (Å²) >= 11 is 0. The molecule has 0 bridgehead atoms. The number of hydrogen-bond donors (Lipinski definition) is 2. The molecule has 0 radical (unpaired) electrons. The molecule has 3 rings (SSSR count). The van der Waals surface area contributed by atoms with Gasteiger partial charge in [0.1, 0.15) is 0 Å². The second-order valence-corrected chi connectivity index (χ2v) is 4.87. The van der Waals surface area contributed by atoms with E-state index in [1.165, 1.54) is 0 Å². The fourth-order valence-electron chi connectivity index (χ4n) is 2.41. The first-order chi connectivity index (χ1) is 9.81. The lowest BCUT2D eigenvalue weighted by Crippen LogP contribution is -2.08. The third kappa shape index (κ3) is 3.65. The average molecular weight is 339 g/mol. The van der Waals surface area contributed by atoms with Gasteiger partial charge < -0.3 is 10.6 Å². The normalized spacial score (nSPS) is 10.3. The molecule has 0 amide bonds. The van der Waals surface area contributed by atoms with Crippen LogP contribution < -0.4 is 10.6 Å². The summed E-state index contributed by atoms with van der Waals surface area (Å²) < 4.78 is 0. The van der Waals surface area contributed by atoms with Crippen LogP contribution in [0.3, 0.4) is 0 Å². The number of nitrogens with one attached hydrogen (secondary N) is 2. The van der Waals surface area contributed by atoms with E-state index >= 15 is 0 Å². The molecule has 118 valence electrons. The van der Waals surface area contributed by atoms with Crippen LogP contribution >= 0.6 is 24.8 Å². The first kappa shape index (κ1) is 18.6. The van der Waals surface area contributed by atoms with Crippen molar-refractivity contribution in [3.8, 4) is 0 Å². The lowest BCUT2D eigenvalue weighted by atomic mass is 10.1. The maximum atomic E-state index is 4.75. The van der Waals surface area contributed by atoms with Crippen LogP contribution in [0, 0.1) is 0 Å². The third-order valence-corrected chi connectivity index (χ3v) is 3.35. The van der Waals surface area contributed by atoms with Crippen LogP contribution in [-0.4, -0.2) is 24.1 Å². The summed E-state index contributed by atoms with van der Waals surface area (Å²) in [4.78, 5) is 9.50. The molecule has 6 heteroatoms. The molecular weight excluding hydrogens is 319 g/mol. The van der Waals surface area contributed by atoms with Crippen LogP contribution in [0.15, 0.2) is 36.4 Å². The highest BCUT2D eigenvalue weighted by Gasteiger charge is 2.06. The van der Waals surface area contributed by atoms with Crippen molar-refractivity contribution in [1.29, 1.82) is 0 Å². The second-order valence-electron chi connectivity index (χ2n) is 4.87. The number of pyridine rings is 2. The van der Waals surface area contributed by atoms with Crippen molar-refractivity contribution in [3.63, 3.8) is 0 Å². The quantitative estimate of drug-likeness (QED) is 0.718. The predicted molar refractivity (Wildman–Crippen MR) is 97.1 cm³/mol. The summed E-state index contributed by atoms with van der Waals surface area (Å²) in [5.41, 5.74) is 4.03. The summed E-state index contributed by atoms with van der Waals surface area (Å²) in [7, 11) is 3.86. The fourth-order valence-corrected chi connectivity index (χ4v) is 2.41.